The van der Waals surface area contributed by atoms with Crippen molar-refractivity contribution >= 4 is 9.84 Å². The van der Waals surface area contributed by atoms with Gasteiger partial charge >= 0.3 is 0 Å². The van der Waals surface area contributed by atoms with E-state index in [1.54, 1.807) is 0 Å². The van der Waals surface area contributed by atoms with Crippen LogP contribution in [-0.4, -0.2) is 69.8 Å². The standard InChI is InChI=1S/C14H28N2O3S/c1-2-6-15-11-13-4-5-14(19-13)12-16-7-3-9-20(17,18)10-8-16/h13-15H,2-12H2,1H3. The van der Waals surface area contributed by atoms with Gasteiger partial charge < -0.3 is 10.1 Å². The zero-order chi connectivity index (χ0) is 14.4. The Hall–Kier alpha value is -0.170. The minimum Gasteiger partial charge on any atom is -0.372 e. The highest BCUT2D eigenvalue weighted by Crippen LogP contribution is 2.20. The van der Waals surface area contributed by atoms with E-state index < -0.39 is 9.84 Å². The van der Waals surface area contributed by atoms with E-state index in [1.165, 1.54) is 0 Å². The van der Waals surface area contributed by atoms with Crippen LogP contribution in [0.1, 0.15) is 32.6 Å². The third-order valence-corrected chi connectivity index (χ3v) is 5.82. The van der Waals surface area contributed by atoms with Gasteiger partial charge in [0.2, 0.25) is 0 Å². The van der Waals surface area contributed by atoms with Gasteiger partial charge in [-0.1, -0.05) is 6.92 Å². The summed E-state index contributed by atoms with van der Waals surface area (Å²) in [6, 6.07) is 0. The van der Waals surface area contributed by atoms with Crippen molar-refractivity contribution in [2.75, 3.05) is 44.2 Å². The number of nitrogens with one attached hydrogen (secondary N) is 1. The molecular weight excluding hydrogens is 276 g/mol. The molecule has 2 heterocycles. The quantitative estimate of drug-likeness (QED) is 0.730. The van der Waals surface area contributed by atoms with Gasteiger partial charge in [0.15, 0.2) is 9.84 Å². The van der Waals surface area contributed by atoms with E-state index in [0.29, 0.717) is 24.2 Å². The summed E-state index contributed by atoms with van der Waals surface area (Å²) in [5, 5.41) is 3.40. The minimum absolute atomic E-state index is 0.282. The Morgan fingerprint density at radius 2 is 2.00 bits per heavy atom. The smallest absolute Gasteiger partial charge is 0.151 e. The Bertz CT molecular complexity index is 386. The number of ether oxygens (including phenoxy) is 1. The molecule has 5 nitrogen and oxygen atoms in total. The van der Waals surface area contributed by atoms with Crippen LogP contribution in [0.4, 0.5) is 0 Å². The van der Waals surface area contributed by atoms with Crippen LogP contribution in [0.25, 0.3) is 0 Å². The molecule has 2 rings (SSSR count). The summed E-state index contributed by atoms with van der Waals surface area (Å²) < 4.78 is 29.2. The maximum Gasteiger partial charge on any atom is 0.151 e. The molecule has 1 N–H and O–H groups in total. The number of sulfone groups is 1. The van der Waals surface area contributed by atoms with Crippen molar-refractivity contribution in [3.63, 3.8) is 0 Å². The maximum absolute atomic E-state index is 11.6. The molecule has 2 aliphatic rings. The van der Waals surface area contributed by atoms with Crippen molar-refractivity contribution < 1.29 is 13.2 Å². The van der Waals surface area contributed by atoms with E-state index in [0.717, 1.165) is 51.9 Å². The van der Waals surface area contributed by atoms with Crippen LogP contribution in [0.2, 0.25) is 0 Å². The van der Waals surface area contributed by atoms with Gasteiger partial charge in [-0.15, -0.1) is 0 Å². The van der Waals surface area contributed by atoms with Crippen LogP contribution in [0.3, 0.4) is 0 Å². The Kier molecular flexibility index (Phi) is 6.26. The van der Waals surface area contributed by atoms with Crippen molar-refractivity contribution in [1.29, 1.82) is 0 Å². The van der Waals surface area contributed by atoms with Gasteiger partial charge in [0.1, 0.15) is 0 Å². The Morgan fingerprint density at radius 1 is 1.20 bits per heavy atom. The Morgan fingerprint density at radius 3 is 2.80 bits per heavy atom. The van der Waals surface area contributed by atoms with Crippen LogP contribution >= 0.6 is 0 Å². The third kappa shape index (κ3) is 5.31. The van der Waals surface area contributed by atoms with Crippen LogP contribution in [0.15, 0.2) is 0 Å². The molecule has 6 heteroatoms. The zero-order valence-electron chi connectivity index (χ0n) is 12.5. The third-order valence-electron chi connectivity index (χ3n) is 4.10. The van der Waals surface area contributed by atoms with Crippen molar-refractivity contribution in [2.24, 2.45) is 0 Å². The Labute approximate surface area is 123 Å². The number of hydrogen-bond acceptors (Lipinski definition) is 5. The predicted molar refractivity (Wildman–Crippen MR) is 80.8 cm³/mol. The minimum atomic E-state index is -2.80. The van der Waals surface area contributed by atoms with Crippen LogP contribution in [0.5, 0.6) is 0 Å². The number of rotatable bonds is 6. The fourth-order valence-electron chi connectivity index (χ4n) is 2.97. The highest BCUT2D eigenvalue weighted by atomic mass is 32.2. The molecule has 0 aliphatic carbocycles. The number of nitrogens with zero attached hydrogens (tertiary/aromatic N) is 1. The average Bonchev–Trinajstić information content (AvgIpc) is 2.76. The lowest BCUT2D eigenvalue weighted by Gasteiger charge is -2.23. The molecule has 0 spiro atoms. The first-order valence-corrected chi connectivity index (χ1v) is 9.70. The second-order valence-corrected chi connectivity index (χ2v) is 8.27. The Balaban J connectivity index is 1.69. The SMILES string of the molecule is CCCNCC1CCC(CN2CCCS(=O)(=O)CC2)O1. The monoisotopic (exact) mass is 304 g/mol. The molecule has 0 saturated carbocycles. The summed E-state index contributed by atoms with van der Waals surface area (Å²) in [6.07, 6.45) is 4.75. The van der Waals surface area contributed by atoms with E-state index in [2.05, 4.69) is 17.1 Å². The molecular formula is C14H28N2O3S. The molecule has 20 heavy (non-hydrogen) atoms. The van der Waals surface area contributed by atoms with Gasteiger partial charge in [-0.25, -0.2) is 8.42 Å². The van der Waals surface area contributed by atoms with E-state index in [4.69, 9.17) is 4.74 Å². The molecule has 0 radical (unpaired) electrons. The van der Waals surface area contributed by atoms with Gasteiger partial charge in [-0.2, -0.15) is 0 Å². The molecule has 118 valence electrons. The van der Waals surface area contributed by atoms with Crippen LogP contribution < -0.4 is 5.32 Å². The summed E-state index contributed by atoms with van der Waals surface area (Å²) in [5.74, 6) is 0.653. The predicted octanol–water partition coefficient (Wildman–Crippen LogP) is 0.654. The molecule has 2 aliphatic heterocycles. The average molecular weight is 304 g/mol. The topological polar surface area (TPSA) is 58.6 Å². The van der Waals surface area contributed by atoms with Gasteiger partial charge in [-0.3, -0.25) is 4.90 Å². The molecule has 2 unspecified atom stereocenters. The fourth-order valence-corrected chi connectivity index (χ4v) is 4.27. The molecule has 2 saturated heterocycles. The zero-order valence-corrected chi connectivity index (χ0v) is 13.3. The largest absolute Gasteiger partial charge is 0.372 e. The molecule has 0 aromatic heterocycles. The lowest BCUT2D eigenvalue weighted by Crippen LogP contribution is -2.35. The van der Waals surface area contributed by atoms with E-state index in [9.17, 15) is 8.42 Å². The molecule has 0 aromatic carbocycles. The summed E-state index contributed by atoms with van der Waals surface area (Å²) in [7, 11) is -2.80. The van der Waals surface area contributed by atoms with Gasteiger partial charge in [0.25, 0.3) is 0 Å². The first kappa shape index (κ1) is 16.2. The van der Waals surface area contributed by atoms with E-state index in [-0.39, 0.29) is 6.10 Å². The van der Waals surface area contributed by atoms with E-state index >= 15 is 0 Å². The van der Waals surface area contributed by atoms with Crippen molar-refractivity contribution in [2.45, 2.75) is 44.8 Å². The van der Waals surface area contributed by atoms with Crippen molar-refractivity contribution in [1.82, 2.24) is 10.2 Å². The fraction of sp³-hybridized carbons (Fsp3) is 1.00. The number of hydrogen-bond donors (Lipinski definition) is 1. The maximum atomic E-state index is 11.6. The summed E-state index contributed by atoms with van der Waals surface area (Å²) in [4.78, 5) is 2.26. The second-order valence-electron chi connectivity index (χ2n) is 5.97. The normalized spacial score (nSPS) is 31.2. The lowest BCUT2D eigenvalue weighted by molar-refractivity contribution is 0.0248. The second kappa shape index (κ2) is 7.73. The van der Waals surface area contributed by atoms with Crippen molar-refractivity contribution in [3.05, 3.63) is 0 Å². The van der Waals surface area contributed by atoms with Gasteiger partial charge in [0.05, 0.1) is 23.7 Å². The van der Waals surface area contributed by atoms with Gasteiger partial charge in [0, 0.05) is 19.6 Å². The first-order chi connectivity index (χ1) is 9.59. The van der Waals surface area contributed by atoms with Crippen molar-refractivity contribution in [3.8, 4) is 0 Å². The van der Waals surface area contributed by atoms with Crippen LogP contribution in [-0.2, 0) is 14.6 Å². The molecule has 0 aromatic rings. The summed E-state index contributed by atoms with van der Waals surface area (Å²) in [5.41, 5.74) is 0. The molecule has 0 amide bonds. The van der Waals surface area contributed by atoms with E-state index in [1.807, 2.05) is 0 Å². The highest BCUT2D eigenvalue weighted by molar-refractivity contribution is 7.91. The summed E-state index contributed by atoms with van der Waals surface area (Å²) in [6.45, 7) is 6.60. The first-order valence-electron chi connectivity index (χ1n) is 7.88. The highest BCUT2D eigenvalue weighted by Gasteiger charge is 2.28. The summed E-state index contributed by atoms with van der Waals surface area (Å²) >= 11 is 0. The lowest BCUT2D eigenvalue weighted by atomic mass is 10.2. The molecule has 2 fully saturated rings. The van der Waals surface area contributed by atoms with Crippen LogP contribution in [0, 0.1) is 0 Å². The van der Waals surface area contributed by atoms with Gasteiger partial charge in [-0.05, 0) is 38.8 Å². The molecule has 2 atom stereocenters. The molecule has 0 bridgehead atoms.